The molecule has 1 saturated heterocycles. The normalized spacial score (nSPS) is 14.4. The third-order valence-electron chi connectivity index (χ3n) is 6.38. The lowest BCUT2D eigenvalue weighted by atomic mass is 10.1. The van der Waals surface area contributed by atoms with Crippen LogP contribution in [-0.4, -0.2) is 41.2 Å². The first-order chi connectivity index (χ1) is 20.5. The van der Waals surface area contributed by atoms with Gasteiger partial charge >= 0.3 is 11.9 Å². The second kappa shape index (κ2) is 12.1. The molecule has 4 aromatic carbocycles. The van der Waals surface area contributed by atoms with Gasteiger partial charge in [0.1, 0.15) is 12.4 Å². The van der Waals surface area contributed by atoms with Crippen molar-refractivity contribution in [1.82, 2.24) is 4.90 Å². The van der Waals surface area contributed by atoms with Crippen LogP contribution in [0.15, 0.2) is 83.8 Å². The summed E-state index contributed by atoms with van der Waals surface area (Å²) in [6, 6.07) is 19.6. The Morgan fingerprint density at radius 2 is 1.67 bits per heavy atom. The molecule has 0 radical (unpaired) electrons. The molecule has 0 spiro atoms. The van der Waals surface area contributed by atoms with E-state index < -0.39 is 39.2 Å². The van der Waals surface area contributed by atoms with Crippen LogP contribution in [0, 0.1) is 10.1 Å². The Kier molecular flexibility index (Phi) is 8.26. The SMILES string of the molecule is COc1cc(/C=C2\SC(=O)N(CCOc3cccc4ccccc34)C2=O)ccc1Oc1ccc(C(F)(F)F)cc1[N+](=O)[O-]. The predicted molar refractivity (Wildman–Crippen MR) is 153 cm³/mol. The molecule has 220 valence electrons. The Hall–Kier alpha value is -5.04. The van der Waals surface area contributed by atoms with E-state index in [1.54, 1.807) is 0 Å². The number of hydrogen-bond acceptors (Lipinski definition) is 8. The minimum Gasteiger partial charge on any atom is -0.493 e. The van der Waals surface area contributed by atoms with Crippen LogP contribution in [0.4, 0.5) is 23.7 Å². The molecule has 2 amide bonds. The number of carbonyl (C=O) groups excluding carboxylic acids is 2. The van der Waals surface area contributed by atoms with Gasteiger partial charge in [-0.25, -0.2) is 0 Å². The number of nitro benzene ring substituents is 1. The standard InChI is InChI=1S/C30H21F3N2O7S/c1-40-26-15-18(9-11-25(26)42-24-12-10-20(30(31,32)33)17-22(24)35(38)39)16-27-28(36)34(29(37)43-27)13-14-41-23-8-4-6-19-5-2-3-7-21(19)23/h2-12,15-17H,13-14H2,1H3/b27-16-. The number of nitrogens with zero attached hydrogens (tertiary/aromatic N) is 2. The molecule has 43 heavy (non-hydrogen) atoms. The summed E-state index contributed by atoms with van der Waals surface area (Å²) in [5.74, 6) is -0.212. The number of thioether (sulfide) groups is 1. The van der Waals surface area contributed by atoms with E-state index >= 15 is 0 Å². The number of alkyl halides is 3. The van der Waals surface area contributed by atoms with Crippen LogP contribution in [0.1, 0.15) is 11.1 Å². The number of carbonyl (C=O) groups is 2. The smallest absolute Gasteiger partial charge is 0.416 e. The van der Waals surface area contributed by atoms with Crippen LogP contribution in [0.25, 0.3) is 16.8 Å². The largest absolute Gasteiger partial charge is 0.493 e. The van der Waals surface area contributed by atoms with Gasteiger partial charge in [-0.2, -0.15) is 13.2 Å². The fourth-order valence-corrected chi connectivity index (χ4v) is 5.18. The number of methoxy groups -OCH3 is 1. The van der Waals surface area contributed by atoms with Crippen molar-refractivity contribution >= 4 is 45.4 Å². The molecule has 1 fully saturated rings. The summed E-state index contributed by atoms with van der Waals surface area (Å²) in [5, 5.41) is 12.9. The van der Waals surface area contributed by atoms with Gasteiger partial charge in [0, 0.05) is 11.5 Å². The number of imide groups is 1. The predicted octanol–water partition coefficient (Wildman–Crippen LogP) is 7.68. The molecule has 1 heterocycles. The number of ether oxygens (including phenoxy) is 3. The highest BCUT2D eigenvalue weighted by Crippen LogP contribution is 2.41. The molecule has 5 rings (SSSR count). The number of rotatable bonds is 9. The first-order valence-electron chi connectivity index (χ1n) is 12.6. The van der Waals surface area contributed by atoms with Crippen molar-refractivity contribution < 1.29 is 41.9 Å². The Morgan fingerprint density at radius 1 is 0.930 bits per heavy atom. The number of halogens is 3. The summed E-state index contributed by atoms with van der Waals surface area (Å²) in [6.07, 6.45) is -3.30. The summed E-state index contributed by atoms with van der Waals surface area (Å²) < 4.78 is 55.8. The molecule has 4 aromatic rings. The molecular weight excluding hydrogens is 589 g/mol. The molecule has 0 aliphatic carbocycles. The molecule has 0 N–H and O–H groups in total. The minimum absolute atomic E-state index is 0.0128. The van der Waals surface area contributed by atoms with Crippen LogP contribution in [0.2, 0.25) is 0 Å². The van der Waals surface area contributed by atoms with E-state index in [1.807, 2.05) is 42.5 Å². The number of hydrogen-bond donors (Lipinski definition) is 0. The van der Waals surface area contributed by atoms with Gasteiger partial charge < -0.3 is 14.2 Å². The van der Waals surface area contributed by atoms with Gasteiger partial charge in [-0.1, -0.05) is 42.5 Å². The van der Waals surface area contributed by atoms with E-state index in [0.717, 1.165) is 33.5 Å². The highest BCUT2D eigenvalue weighted by atomic mass is 32.2. The van der Waals surface area contributed by atoms with E-state index in [0.29, 0.717) is 23.4 Å². The van der Waals surface area contributed by atoms with Gasteiger partial charge in [0.05, 0.1) is 29.0 Å². The summed E-state index contributed by atoms with van der Waals surface area (Å²) in [7, 11) is 1.30. The van der Waals surface area contributed by atoms with E-state index in [1.165, 1.54) is 31.4 Å². The number of benzene rings is 4. The zero-order chi connectivity index (χ0) is 30.7. The van der Waals surface area contributed by atoms with Crippen molar-refractivity contribution in [3.05, 3.63) is 105 Å². The zero-order valence-corrected chi connectivity index (χ0v) is 23.1. The fourth-order valence-electron chi connectivity index (χ4n) is 4.31. The molecule has 13 heteroatoms. The van der Waals surface area contributed by atoms with E-state index in [2.05, 4.69) is 0 Å². The van der Waals surface area contributed by atoms with E-state index in [9.17, 15) is 32.9 Å². The van der Waals surface area contributed by atoms with Crippen LogP contribution < -0.4 is 14.2 Å². The van der Waals surface area contributed by atoms with Gasteiger partial charge in [-0.05, 0) is 59.1 Å². The number of nitro groups is 1. The zero-order valence-electron chi connectivity index (χ0n) is 22.3. The maximum Gasteiger partial charge on any atom is 0.416 e. The minimum atomic E-state index is -4.77. The van der Waals surface area contributed by atoms with Crippen molar-refractivity contribution in [3.8, 4) is 23.0 Å². The third kappa shape index (κ3) is 6.41. The van der Waals surface area contributed by atoms with Crippen LogP contribution >= 0.6 is 11.8 Å². The highest BCUT2D eigenvalue weighted by molar-refractivity contribution is 8.18. The lowest BCUT2D eigenvalue weighted by Crippen LogP contribution is -2.32. The molecule has 0 atom stereocenters. The third-order valence-corrected chi connectivity index (χ3v) is 7.29. The molecule has 0 unspecified atom stereocenters. The summed E-state index contributed by atoms with van der Waals surface area (Å²) in [4.78, 5) is 37.3. The van der Waals surface area contributed by atoms with Gasteiger partial charge in [0.15, 0.2) is 11.5 Å². The van der Waals surface area contributed by atoms with Crippen LogP contribution in [-0.2, 0) is 11.0 Å². The average molecular weight is 611 g/mol. The van der Waals surface area contributed by atoms with Gasteiger partial charge in [0.25, 0.3) is 11.1 Å². The van der Waals surface area contributed by atoms with E-state index in [-0.39, 0.29) is 29.6 Å². The summed E-state index contributed by atoms with van der Waals surface area (Å²) in [5.41, 5.74) is -1.62. The van der Waals surface area contributed by atoms with Crippen molar-refractivity contribution in [2.75, 3.05) is 20.3 Å². The van der Waals surface area contributed by atoms with Gasteiger partial charge in [0.2, 0.25) is 5.75 Å². The van der Waals surface area contributed by atoms with Crippen molar-refractivity contribution in [2.45, 2.75) is 6.18 Å². The Balaban J connectivity index is 1.29. The average Bonchev–Trinajstić information content (AvgIpc) is 3.24. The number of fused-ring (bicyclic) bond motifs is 1. The lowest BCUT2D eigenvalue weighted by Gasteiger charge is -2.14. The second-order valence-corrected chi connectivity index (χ2v) is 10.1. The number of amides is 2. The summed E-state index contributed by atoms with van der Waals surface area (Å²) >= 11 is 0.758. The Labute approximate surface area is 246 Å². The second-order valence-electron chi connectivity index (χ2n) is 9.11. The van der Waals surface area contributed by atoms with Crippen molar-refractivity contribution in [1.29, 1.82) is 0 Å². The molecule has 0 saturated carbocycles. The molecule has 0 bridgehead atoms. The van der Waals surface area contributed by atoms with Crippen LogP contribution in [0.3, 0.4) is 0 Å². The van der Waals surface area contributed by atoms with Crippen molar-refractivity contribution in [3.63, 3.8) is 0 Å². The topological polar surface area (TPSA) is 108 Å². The summed E-state index contributed by atoms with van der Waals surface area (Å²) in [6.45, 7) is 0.127. The molecular formula is C30H21F3N2O7S. The molecule has 1 aliphatic heterocycles. The molecule has 1 aliphatic rings. The Morgan fingerprint density at radius 3 is 2.42 bits per heavy atom. The Bertz CT molecular complexity index is 1770. The maximum atomic E-state index is 13.0. The van der Waals surface area contributed by atoms with Crippen molar-refractivity contribution in [2.24, 2.45) is 0 Å². The fraction of sp³-hybridized carbons (Fsp3) is 0.133. The van der Waals surface area contributed by atoms with E-state index in [4.69, 9.17) is 14.2 Å². The quantitative estimate of drug-likeness (QED) is 0.108. The van der Waals surface area contributed by atoms with Gasteiger partial charge in [-0.15, -0.1) is 0 Å². The molecule has 0 aromatic heterocycles. The first kappa shape index (κ1) is 29.5. The van der Waals surface area contributed by atoms with Gasteiger partial charge in [-0.3, -0.25) is 24.6 Å². The van der Waals surface area contributed by atoms with Crippen LogP contribution in [0.5, 0.6) is 23.0 Å². The highest BCUT2D eigenvalue weighted by Gasteiger charge is 2.35. The lowest BCUT2D eigenvalue weighted by molar-refractivity contribution is -0.385. The maximum absolute atomic E-state index is 13.0. The first-order valence-corrected chi connectivity index (χ1v) is 13.4. The monoisotopic (exact) mass is 610 g/mol. The molecule has 9 nitrogen and oxygen atoms in total.